The van der Waals surface area contributed by atoms with E-state index in [-0.39, 0.29) is 5.57 Å². The molecule has 2 N–H and O–H groups in total. The highest BCUT2D eigenvalue weighted by molar-refractivity contribution is 7.16. The molecule has 0 aromatic carbocycles. The van der Waals surface area contributed by atoms with Crippen molar-refractivity contribution in [1.29, 1.82) is 5.26 Å². The number of nitriles is 1. The Morgan fingerprint density at radius 3 is 2.83 bits per heavy atom. The van der Waals surface area contributed by atoms with Gasteiger partial charge in [-0.15, -0.1) is 11.3 Å². The van der Waals surface area contributed by atoms with Gasteiger partial charge in [-0.2, -0.15) is 5.26 Å². The average molecular weight is 263 g/mol. The zero-order valence-corrected chi connectivity index (χ0v) is 10.6. The van der Waals surface area contributed by atoms with Gasteiger partial charge in [-0.1, -0.05) is 0 Å². The Bertz CT molecular complexity index is 510. The average Bonchev–Trinajstić information content (AvgIpc) is 2.85. The second-order valence-electron chi connectivity index (χ2n) is 3.81. The Morgan fingerprint density at radius 1 is 1.50 bits per heavy atom. The van der Waals surface area contributed by atoms with Gasteiger partial charge in [0.15, 0.2) is 0 Å². The number of anilines is 1. The van der Waals surface area contributed by atoms with E-state index in [1.165, 1.54) is 17.4 Å². The first kappa shape index (κ1) is 12.6. The second-order valence-corrected chi connectivity index (χ2v) is 4.90. The highest BCUT2D eigenvalue weighted by Gasteiger charge is 2.13. The van der Waals surface area contributed by atoms with Crippen LogP contribution in [-0.2, 0) is 9.53 Å². The molecule has 94 valence electrons. The summed E-state index contributed by atoms with van der Waals surface area (Å²) in [6.07, 6.45) is 1.52. The van der Waals surface area contributed by atoms with E-state index in [4.69, 9.17) is 15.7 Å². The molecule has 1 aromatic heterocycles. The molecule has 0 spiro atoms. The lowest BCUT2D eigenvalue weighted by Gasteiger charge is -2.27. The lowest BCUT2D eigenvalue weighted by molar-refractivity contribution is -0.114. The molecule has 0 bridgehead atoms. The van der Waals surface area contributed by atoms with Gasteiger partial charge in [0.2, 0.25) is 0 Å². The first-order chi connectivity index (χ1) is 8.70. The molecule has 0 radical (unpaired) electrons. The number of rotatable bonds is 3. The van der Waals surface area contributed by atoms with Gasteiger partial charge in [0.05, 0.1) is 18.2 Å². The fourth-order valence-corrected chi connectivity index (χ4v) is 2.68. The zero-order chi connectivity index (χ0) is 13.0. The predicted octanol–water partition coefficient (Wildman–Crippen LogP) is 0.977. The predicted molar refractivity (Wildman–Crippen MR) is 70.1 cm³/mol. The largest absolute Gasteiger partial charge is 0.378 e. The number of carbonyl (C=O) groups is 1. The van der Waals surface area contributed by atoms with Crippen molar-refractivity contribution in [2.24, 2.45) is 5.73 Å². The number of nitrogens with two attached hydrogens (primary N) is 1. The first-order valence-electron chi connectivity index (χ1n) is 5.55. The Labute approximate surface area is 109 Å². The smallest absolute Gasteiger partial charge is 0.259 e. The van der Waals surface area contributed by atoms with Gasteiger partial charge in [0.1, 0.15) is 11.6 Å². The van der Waals surface area contributed by atoms with Crippen molar-refractivity contribution in [1.82, 2.24) is 0 Å². The van der Waals surface area contributed by atoms with Crippen molar-refractivity contribution in [2.75, 3.05) is 31.2 Å². The fourth-order valence-electron chi connectivity index (χ4n) is 1.67. The maximum atomic E-state index is 11.0. The molecule has 2 rings (SSSR count). The quantitative estimate of drug-likeness (QED) is 0.651. The van der Waals surface area contributed by atoms with Crippen molar-refractivity contribution in [3.05, 3.63) is 22.6 Å². The maximum absolute atomic E-state index is 11.0. The summed E-state index contributed by atoms with van der Waals surface area (Å²) >= 11 is 1.54. The van der Waals surface area contributed by atoms with Crippen LogP contribution in [0.2, 0.25) is 0 Å². The second kappa shape index (κ2) is 5.67. The van der Waals surface area contributed by atoms with Crippen LogP contribution in [0.5, 0.6) is 0 Å². The molecule has 1 aromatic rings. The molecule has 0 atom stereocenters. The zero-order valence-electron chi connectivity index (χ0n) is 9.76. The summed E-state index contributed by atoms with van der Waals surface area (Å²) < 4.78 is 5.29. The highest BCUT2D eigenvalue weighted by atomic mass is 32.1. The number of nitrogens with zero attached hydrogens (tertiary/aromatic N) is 2. The number of thiophene rings is 1. The Kier molecular flexibility index (Phi) is 3.97. The van der Waals surface area contributed by atoms with E-state index >= 15 is 0 Å². The normalized spacial score (nSPS) is 16.4. The summed E-state index contributed by atoms with van der Waals surface area (Å²) in [6, 6.07) is 5.67. The van der Waals surface area contributed by atoms with Gasteiger partial charge in [-0.25, -0.2) is 0 Å². The minimum atomic E-state index is -0.696. The monoisotopic (exact) mass is 263 g/mol. The van der Waals surface area contributed by atoms with E-state index < -0.39 is 5.91 Å². The summed E-state index contributed by atoms with van der Waals surface area (Å²) in [5.74, 6) is -0.696. The first-order valence-corrected chi connectivity index (χ1v) is 6.36. The molecular weight excluding hydrogens is 250 g/mol. The molecule has 1 fully saturated rings. The summed E-state index contributed by atoms with van der Waals surface area (Å²) in [7, 11) is 0. The van der Waals surface area contributed by atoms with Crippen LogP contribution in [0.4, 0.5) is 5.00 Å². The summed E-state index contributed by atoms with van der Waals surface area (Å²) in [4.78, 5) is 14.0. The summed E-state index contributed by atoms with van der Waals surface area (Å²) in [5.41, 5.74) is 5.07. The van der Waals surface area contributed by atoms with E-state index in [0.29, 0.717) is 0 Å². The van der Waals surface area contributed by atoms with Crippen LogP contribution in [0.1, 0.15) is 4.88 Å². The van der Waals surface area contributed by atoms with Crippen LogP contribution in [0.3, 0.4) is 0 Å². The molecule has 0 saturated carbocycles. The van der Waals surface area contributed by atoms with E-state index in [1.807, 2.05) is 12.1 Å². The van der Waals surface area contributed by atoms with Gasteiger partial charge in [-0.3, -0.25) is 4.79 Å². The number of hydrogen-bond acceptors (Lipinski definition) is 5. The van der Waals surface area contributed by atoms with Crippen molar-refractivity contribution in [2.45, 2.75) is 0 Å². The Hall–Kier alpha value is -1.84. The van der Waals surface area contributed by atoms with Crippen LogP contribution in [-0.4, -0.2) is 32.2 Å². The number of ether oxygens (including phenoxy) is 1. The van der Waals surface area contributed by atoms with E-state index in [0.717, 1.165) is 36.2 Å². The molecule has 1 aliphatic rings. The lowest BCUT2D eigenvalue weighted by atomic mass is 10.2. The number of carbonyl (C=O) groups excluding carboxylic acids is 1. The van der Waals surface area contributed by atoms with Crippen molar-refractivity contribution < 1.29 is 9.53 Å². The van der Waals surface area contributed by atoms with Crippen LogP contribution >= 0.6 is 11.3 Å². The van der Waals surface area contributed by atoms with Gasteiger partial charge in [0, 0.05) is 18.0 Å². The Morgan fingerprint density at radius 2 is 2.22 bits per heavy atom. The molecular formula is C12H13N3O2S. The van der Waals surface area contributed by atoms with Crippen LogP contribution in [0.25, 0.3) is 6.08 Å². The molecule has 1 saturated heterocycles. The maximum Gasteiger partial charge on any atom is 0.259 e. The topological polar surface area (TPSA) is 79.3 Å². The standard InChI is InChI=1S/C12H13N3O2S/c13-8-9(12(14)16)7-10-1-2-11(18-10)15-3-5-17-6-4-15/h1-2,7H,3-6H2,(H2,14,16)/b9-7+. The molecule has 2 heterocycles. The van der Waals surface area contributed by atoms with E-state index in [1.54, 1.807) is 6.07 Å². The third-order valence-electron chi connectivity index (χ3n) is 2.61. The lowest BCUT2D eigenvalue weighted by Crippen LogP contribution is -2.35. The van der Waals surface area contributed by atoms with Gasteiger partial charge in [0.25, 0.3) is 5.91 Å². The van der Waals surface area contributed by atoms with Crippen LogP contribution in [0, 0.1) is 11.3 Å². The Balaban J connectivity index is 2.15. The van der Waals surface area contributed by atoms with Crippen LogP contribution in [0.15, 0.2) is 17.7 Å². The van der Waals surface area contributed by atoms with Crippen molar-refractivity contribution >= 4 is 28.3 Å². The van der Waals surface area contributed by atoms with Crippen molar-refractivity contribution in [3.63, 3.8) is 0 Å². The molecule has 5 nitrogen and oxygen atoms in total. The summed E-state index contributed by atoms with van der Waals surface area (Å²) in [5, 5.41) is 9.89. The molecule has 1 aliphatic heterocycles. The number of amides is 1. The number of morpholine rings is 1. The SMILES string of the molecule is N#C/C(=C\c1ccc(N2CCOCC2)s1)C(N)=O. The van der Waals surface area contributed by atoms with Crippen LogP contribution < -0.4 is 10.6 Å². The molecule has 0 unspecified atom stereocenters. The van der Waals surface area contributed by atoms with Gasteiger partial charge < -0.3 is 15.4 Å². The number of primary amides is 1. The molecule has 18 heavy (non-hydrogen) atoms. The van der Waals surface area contributed by atoms with Crippen molar-refractivity contribution in [3.8, 4) is 6.07 Å². The third-order valence-corrected chi connectivity index (χ3v) is 3.70. The van der Waals surface area contributed by atoms with Gasteiger partial charge >= 0.3 is 0 Å². The molecule has 6 heteroatoms. The highest BCUT2D eigenvalue weighted by Crippen LogP contribution is 2.28. The minimum Gasteiger partial charge on any atom is -0.378 e. The van der Waals surface area contributed by atoms with Gasteiger partial charge in [-0.05, 0) is 18.2 Å². The fraction of sp³-hybridized carbons (Fsp3) is 0.333. The third kappa shape index (κ3) is 2.88. The molecule has 0 aliphatic carbocycles. The van der Waals surface area contributed by atoms with E-state index in [2.05, 4.69) is 4.90 Å². The number of hydrogen-bond donors (Lipinski definition) is 1. The molecule has 1 amide bonds. The minimum absolute atomic E-state index is 0.0228. The van der Waals surface area contributed by atoms with E-state index in [9.17, 15) is 4.79 Å². The summed E-state index contributed by atoms with van der Waals surface area (Å²) in [6.45, 7) is 3.19.